The predicted octanol–water partition coefficient (Wildman–Crippen LogP) is 3.24. The van der Waals surface area contributed by atoms with Gasteiger partial charge in [-0.1, -0.05) is 24.6 Å². The lowest BCUT2D eigenvalue weighted by Crippen LogP contribution is -2.13. The van der Waals surface area contributed by atoms with Crippen molar-refractivity contribution in [1.82, 2.24) is 9.55 Å². The van der Waals surface area contributed by atoms with E-state index >= 15 is 0 Å². The maximum absolute atomic E-state index is 6.07. The van der Waals surface area contributed by atoms with E-state index in [0.29, 0.717) is 0 Å². The summed E-state index contributed by atoms with van der Waals surface area (Å²) in [5, 5.41) is 0.718. The summed E-state index contributed by atoms with van der Waals surface area (Å²) in [5.41, 5.74) is 9.27. The van der Waals surface area contributed by atoms with Gasteiger partial charge in [-0.15, -0.1) is 0 Å². The maximum atomic E-state index is 6.07. The fourth-order valence-corrected chi connectivity index (χ4v) is 2.00. The van der Waals surface area contributed by atoms with Crippen molar-refractivity contribution in [2.45, 2.75) is 26.3 Å². The first-order valence-electron chi connectivity index (χ1n) is 5.67. The van der Waals surface area contributed by atoms with E-state index in [0.717, 1.165) is 28.4 Å². The Morgan fingerprint density at radius 2 is 2.24 bits per heavy atom. The van der Waals surface area contributed by atoms with Gasteiger partial charge in [0.15, 0.2) is 0 Å². The second-order valence-electron chi connectivity index (χ2n) is 4.13. The van der Waals surface area contributed by atoms with Crippen LogP contribution in [0.1, 0.15) is 30.6 Å². The van der Waals surface area contributed by atoms with E-state index < -0.39 is 0 Å². The summed E-state index contributed by atoms with van der Waals surface area (Å²) in [4.78, 5) is 4.18. The highest BCUT2D eigenvalue weighted by atomic mass is 35.5. The zero-order chi connectivity index (χ0) is 12.4. The molecule has 2 N–H and O–H groups in total. The van der Waals surface area contributed by atoms with E-state index in [-0.39, 0.29) is 6.04 Å². The van der Waals surface area contributed by atoms with Crippen LogP contribution in [0.15, 0.2) is 30.7 Å². The number of rotatable bonds is 3. The number of imidazole rings is 1. The van der Waals surface area contributed by atoms with Crippen LogP contribution in [0.25, 0.3) is 5.69 Å². The van der Waals surface area contributed by atoms with Gasteiger partial charge in [-0.25, -0.2) is 4.98 Å². The number of aromatic nitrogens is 2. The molecule has 0 aliphatic carbocycles. The normalized spacial score (nSPS) is 12.7. The average Bonchev–Trinajstić information content (AvgIpc) is 2.80. The molecule has 17 heavy (non-hydrogen) atoms. The topological polar surface area (TPSA) is 43.8 Å². The predicted molar refractivity (Wildman–Crippen MR) is 70.5 cm³/mol. The molecule has 0 bridgehead atoms. The van der Waals surface area contributed by atoms with Gasteiger partial charge in [0, 0.05) is 11.1 Å². The molecule has 0 fully saturated rings. The minimum Gasteiger partial charge on any atom is -0.323 e. The van der Waals surface area contributed by atoms with E-state index in [9.17, 15) is 0 Å². The van der Waals surface area contributed by atoms with Gasteiger partial charge in [0.25, 0.3) is 0 Å². The number of hydrogen-bond acceptors (Lipinski definition) is 2. The molecule has 1 aromatic heterocycles. The lowest BCUT2D eigenvalue weighted by Gasteiger charge is -2.15. The molecular formula is C13H16ClN3. The minimum atomic E-state index is -0.00381. The average molecular weight is 250 g/mol. The first kappa shape index (κ1) is 12.1. The van der Waals surface area contributed by atoms with Gasteiger partial charge in [-0.2, -0.15) is 0 Å². The molecule has 1 aromatic carbocycles. The summed E-state index contributed by atoms with van der Waals surface area (Å²) in [5.74, 6) is 0. The highest BCUT2D eigenvalue weighted by Crippen LogP contribution is 2.23. The Balaban J connectivity index is 2.53. The van der Waals surface area contributed by atoms with Crippen molar-refractivity contribution in [3.63, 3.8) is 0 Å². The Hall–Kier alpha value is -1.32. The third-order valence-corrected chi connectivity index (χ3v) is 3.15. The molecule has 0 aliphatic heterocycles. The number of halogens is 1. The zero-order valence-corrected chi connectivity index (χ0v) is 10.8. The van der Waals surface area contributed by atoms with Crippen molar-refractivity contribution in [3.8, 4) is 5.69 Å². The van der Waals surface area contributed by atoms with Gasteiger partial charge in [0.1, 0.15) is 0 Å². The van der Waals surface area contributed by atoms with E-state index in [1.165, 1.54) is 0 Å². The molecule has 2 aromatic rings. The van der Waals surface area contributed by atoms with E-state index in [1.807, 2.05) is 35.9 Å². The van der Waals surface area contributed by atoms with Gasteiger partial charge in [-0.05, 0) is 31.0 Å². The summed E-state index contributed by atoms with van der Waals surface area (Å²) in [6, 6.07) is 5.82. The fraction of sp³-hybridized carbons (Fsp3) is 0.308. The first-order valence-corrected chi connectivity index (χ1v) is 6.05. The Morgan fingerprint density at radius 1 is 1.47 bits per heavy atom. The van der Waals surface area contributed by atoms with Crippen LogP contribution in [0.2, 0.25) is 5.02 Å². The summed E-state index contributed by atoms with van der Waals surface area (Å²) in [7, 11) is 0. The van der Waals surface area contributed by atoms with Gasteiger partial charge in [0.05, 0.1) is 23.9 Å². The van der Waals surface area contributed by atoms with Crippen LogP contribution >= 0.6 is 11.6 Å². The molecule has 0 aliphatic rings. The van der Waals surface area contributed by atoms with Crippen molar-refractivity contribution in [3.05, 3.63) is 47.0 Å². The summed E-state index contributed by atoms with van der Waals surface area (Å²) in [6.45, 7) is 4.11. The Labute approximate surface area is 106 Å². The molecule has 1 heterocycles. The van der Waals surface area contributed by atoms with Gasteiger partial charge >= 0.3 is 0 Å². The van der Waals surface area contributed by atoms with Crippen LogP contribution in [-0.4, -0.2) is 9.55 Å². The molecule has 1 atom stereocenters. The summed E-state index contributed by atoms with van der Waals surface area (Å²) >= 11 is 6.03. The van der Waals surface area contributed by atoms with Gasteiger partial charge < -0.3 is 10.3 Å². The molecule has 3 nitrogen and oxygen atoms in total. The van der Waals surface area contributed by atoms with Crippen molar-refractivity contribution in [2.75, 3.05) is 0 Å². The quantitative estimate of drug-likeness (QED) is 0.908. The molecule has 0 unspecified atom stereocenters. The van der Waals surface area contributed by atoms with Crippen LogP contribution in [0, 0.1) is 6.92 Å². The first-order chi connectivity index (χ1) is 8.13. The fourth-order valence-electron chi connectivity index (χ4n) is 1.83. The minimum absolute atomic E-state index is 0.00381. The van der Waals surface area contributed by atoms with Gasteiger partial charge in [0.2, 0.25) is 0 Å². The standard InChI is InChI=1S/C13H16ClN3/c1-3-11(15)13-7-16-8-17(13)12-6-10(14)5-4-9(12)2/h4-8,11H,3,15H2,1-2H3/t11-/m1/s1. The highest BCUT2D eigenvalue weighted by Gasteiger charge is 2.12. The highest BCUT2D eigenvalue weighted by molar-refractivity contribution is 6.30. The largest absolute Gasteiger partial charge is 0.323 e. The third-order valence-electron chi connectivity index (χ3n) is 2.92. The number of nitrogens with two attached hydrogens (primary N) is 1. The Bertz CT molecular complexity index is 519. The molecule has 0 saturated carbocycles. The van der Waals surface area contributed by atoms with Crippen LogP contribution in [0.3, 0.4) is 0 Å². The molecule has 0 radical (unpaired) electrons. The second-order valence-corrected chi connectivity index (χ2v) is 4.57. The van der Waals surface area contributed by atoms with E-state index in [1.54, 1.807) is 6.33 Å². The molecule has 0 saturated heterocycles. The molecule has 0 amide bonds. The van der Waals surface area contributed by atoms with Crippen molar-refractivity contribution in [2.24, 2.45) is 5.73 Å². The second kappa shape index (κ2) is 4.90. The van der Waals surface area contributed by atoms with Crippen LogP contribution < -0.4 is 5.73 Å². The Kier molecular flexibility index (Phi) is 3.50. The van der Waals surface area contributed by atoms with Crippen molar-refractivity contribution >= 4 is 11.6 Å². The van der Waals surface area contributed by atoms with E-state index in [4.69, 9.17) is 17.3 Å². The van der Waals surface area contributed by atoms with Crippen LogP contribution in [0.4, 0.5) is 0 Å². The number of nitrogens with zero attached hydrogens (tertiary/aromatic N) is 2. The number of benzene rings is 1. The van der Waals surface area contributed by atoms with Crippen molar-refractivity contribution in [1.29, 1.82) is 0 Å². The molecule has 4 heteroatoms. The number of hydrogen-bond donors (Lipinski definition) is 1. The summed E-state index contributed by atoms with van der Waals surface area (Å²) in [6.07, 6.45) is 4.48. The molecular weight excluding hydrogens is 234 g/mol. The SMILES string of the molecule is CC[C@@H](N)c1cncn1-c1cc(Cl)ccc1C. The lowest BCUT2D eigenvalue weighted by molar-refractivity contribution is 0.659. The number of aryl methyl sites for hydroxylation is 1. The Morgan fingerprint density at radius 3 is 2.94 bits per heavy atom. The van der Waals surface area contributed by atoms with E-state index in [2.05, 4.69) is 11.9 Å². The lowest BCUT2D eigenvalue weighted by atomic mass is 10.1. The van der Waals surface area contributed by atoms with Crippen molar-refractivity contribution < 1.29 is 0 Å². The molecule has 0 spiro atoms. The smallest absolute Gasteiger partial charge is 0.0994 e. The maximum Gasteiger partial charge on any atom is 0.0994 e. The van der Waals surface area contributed by atoms with Crippen LogP contribution in [-0.2, 0) is 0 Å². The van der Waals surface area contributed by atoms with Crippen LogP contribution in [0.5, 0.6) is 0 Å². The monoisotopic (exact) mass is 249 g/mol. The summed E-state index contributed by atoms with van der Waals surface area (Å²) < 4.78 is 2.01. The van der Waals surface area contributed by atoms with Gasteiger partial charge in [-0.3, -0.25) is 0 Å². The molecule has 90 valence electrons. The molecule has 2 rings (SSSR count). The zero-order valence-electron chi connectivity index (χ0n) is 10.0. The third kappa shape index (κ3) is 2.35.